The third-order valence-electron chi connectivity index (χ3n) is 5.55. The number of carbonyl (C=O) groups is 1. The second kappa shape index (κ2) is 8.56. The fourth-order valence-corrected chi connectivity index (χ4v) is 4.55. The molecule has 0 fully saturated rings. The summed E-state index contributed by atoms with van der Waals surface area (Å²) in [6.07, 6.45) is 0. The summed E-state index contributed by atoms with van der Waals surface area (Å²) in [5, 5.41) is 6.07. The molecule has 1 N–H and O–H groups in total. The van der Waals surface area contributed by atoms with Crippen LogP contribution < -0.4 is 5.32 Å². The zero-order chi connectivity index (χ0) is 22.9. The lowest BCUT2D eigenvalue weighted by molar-refractivity contribution is 0.102. The van der Waals surface area contributed by atoms with Crippen LogP contribution in [0.3, 0.4) is 0 Å². The Morgan fingerprint density at radius 1 is 0.879 bits per heavy atom. The van der Waals surface area contributed by atoms with Gasteiger partial charge in [-0.15, -0.1) is 11.3 Å². The highest BCUT2D eigenvalue weighted by Crippen LogP contribution is 2.31. The third kappa shape index (κ3) is 4.13. The number of halogens is 1. The topological polar surface area (TPSA) is 54.9 Å². The molecule has 5 aromatic rings. The number of nitrogens with zero attached hydrogens (tertiary/aromatic N) is 2. The van der Waals surface area contributed by atoms with Gasteiger partial charge in [-0.05, 0) is 49.7 Å². The Bertz CT molecular complexity index is 1470. The number of aryl methyl sites for hydroxylation is 1. The van der Waals surface area contributed by atoms with Crippen molar-refractivity contribution < 1.29 is 9.18 Å². The molecule has 0 aliphatic rings. The number of hydrogen-bond donors (Lipinski definition) is 1. The molecule has 0 bridgehead atoms. The van der Waals surface area contributed by atoms with E-state index >= 15 is 0 Å². The van der Waals surface area contributed by atoms with Crippen molar-refractivity contribution in [3.8, 4) is 22.5 Å². The highest BCUT2D eigenvalue weighted by Gasteiger charge is 2.20. The van der Waals surface area contributed by atoms with Crippen molar-refractivity contribution in [3.05, 3.63) is 101 Å². The fourth-order valence-electron chi connectivity index (χ4n) is 3.84. The second-order valence-corrected chi connectivity index (χ2v) is 8.70. The number of hydrogen-bond acceptors (Lipinski definition) is 4. The minimum absolute atomic E-state index is 0.237. The molecule has 0 aliphatic carbocycles. The van der Waals surface area contributed by atoms with Gasteiger partial charge in [0, 0.05) is 21.9 Å². The predicted molar refractivity (Wildman–Crippen MR) is 132 cm³/mol. The summed E-state index contributed by atoms with van der Waals surface area (Å²) < 4.78 is 13.2. The van der Waals surface area contributed by atoms with Gasteiger partial charge in [0.2, 0.25) is 0 Å². The maximum Gasteiger partial charge on any atom is 0.258 e. The maximum absolute atomic E-state index is 13.5. The van der Waals surface area contributed by atoms with Gasteiger partial charge >= 0.3 is 0 Å². The number of amides is 1. The van der Waals surface area contributed by atoms with E-state index in [0.717, 1.165) is 38.9 Å². The summed E-state index contributed by atoms with van der Waals surface area (Å²) in [7, 11) is 0. The van der Waals surface area contributed by atoms with Gasteiger partial charge in [0.15, 0.2) is 5.13 Å². The first-order valence-corrected chi connectivity index (χ1v) is 11.4. The van der Waals surface area contributed by atoms with Crippen molar-refractivity contribution in [3.63, 3.8) is 0 Å². The number of carbonyl (C=O) groups excluding carboxylic acids is 1. The Morgan fingerprint density at radius 2 is 1.58 bits per heavy atom. The standard InChI is InChI=1S/C27H20FN3OS/c1-16-7-9-19(10-8-16)25-17(2)24(21-5-3-4-6-22(21)29-25)26(32)31-27-30-23(15-33-27)18-11-13-20(28)14-12-18/h3-15H,1-2H3,(H,30,31,32). The van der Waals surface area contributed by atoms with Crippen molar-refractivity contribution in [1.29, 1.82) is 0 Å². The summed E-state index contributed by atoms with van der Waals surface area (Å²) in [6.45, 7) is 3.97. The average Bonchev–Trinajstić information content (AvgIpc) is 3.28. The Kier molecular flexibility index (Phi) is 5.44. The van der Waals surface area contributed by atoms with Gasteiger partial charge in [-0.3, -0.25) is 10.1 Å². The fraction of sp³-hybridized carbons (Fsp3) is 0.0741. The van der Waals surface area contributed by atoms with Gasteiger partial charge in [0.25, 0.3) is 5.91 Å². The SMILES string of the molecule is Cc1ccc(-c2nc3ccccc3c(C(=O)Nc3nc(-c4ccc(F)cc4)cs3)c2C)cc1. The van der Waals surface area contributed by atoms with E-state index < -0.39 is 0 Å². The van der Waals surface area contributed by atoms with Crippen molar-refractivity contribution in [1.82, 2.24) is 9.97 Å². The molecule has 0 saturated carbocycles. The van der Waals surface area contributed by atoms with E-state index in [1.807, 2.05) is 67.8 Å². The lowest BCUT2D eigenvalue weighted by Gasteiger charge is -2.14. The van der Waals surface area contributed by atoms with E-state index in [0.29, 0.717) is 16.4 Å². The van der Waals surface area contributed by atoms with Gasteiger partial charge in [0.05, 0.1) is 22.5 Å². The predicted octanol–water partition coefficient (Wildman–Crippen LogP) is 7.03. The minimum Gasteiger partial charge on any atom is -0.298 e. The number of nitrogens with one attached hydrogen (secondary N) is 1. The zero-order valence-electron chi connectivity index (χ0n) is 18.1. The molecule has 4 nitrogen and oxygen atoms in total. The number of rotatable bonds is 4. The Labute approximate surface area is 194 Å². The number of para-hydroxylation sites is 1. The molecule has 33 heavy (non-hydrogen) atoms. The number of pyridine rings is 1. The molecule has 2 aromatic heterocycles. The first kappa shape index (κ1) is 21.0. The number of thiazole rings is 1. The molecule has 3 aromatic carbocycles. The highest BCUT2D eigenvalue weighted by molar-refractivity contribution is 7.14. The molecular formula is C27H20FN3OS. The van der Waals surface area contributed by atoms with E-state index in [1.165, 1.54) is 23.5 Å². The van der Waals surface area contributed by atoms with Crippen LogP contribution in [0, 0.1) is 19.7 Å². The summed E-state index contributed by atoms with van der Waals surface area (Å²) in [5.74, 6) is -0.536. The molecule has 6 heteroatoms. The van der Waals surface area contributed by atoms with Crippen LogP contribution in [-0.4, -0.2) is 15.9 Å². The third-order valence-corrected chi connectivity index (χ3v) is 6.31. The van der Waals surface area contributed by atoms with Crippen molar-refractivity contribution in [2.24, 2.45) is 0 Å². The van der Waals surface area contributed by atoms with Gasteiger partial charge in [-0.2, -0.15) is 0 Å². The Balaban J connectivity index is 1.54. The average molecular weight is 454 g/mol. The molecule has 1 amide bonds. The lowest BCUT2D eigenvalue weighted by atomic mass is 9.97. The van der Waals surface area contributed by atoms with E-state index in [-0.39, 0.29) is 11.7 Å². The number of fused-ring (bicyclic) bond motifs is 1. The van der Waals surface area contributed by atoms with Crippen LogP contribution in [0.15, 0.2) is 78.2 Å². The zero-order valence-corrected chi connectivity index (χ0v) is 18.9. The number of aromatic nitrogens is 2. The molecular weight excluding hydrogens is 433 g/mol. The lowest BCUT2D eigenvalue weighted by Crippen LogP contribution is -2.15. The molecule has 5 rings (SSSR count). The molecule has 162 valence electrons. The largest absolute Gasteiger partial charge is 0.298 e. The first-order chi connectivity index (χ1) is 16.0. The van der Waals surface area contributed by atoms with Crippen molar-refractivity contribution in [2.75, 3.05) is 5.32 Å². The van der Waals surface area contributed by atoms with Crippen LogP contribution in [0.1, 0.15) is 21.5 Å². The summed E-state index contributed by atoms with van der Waals surface area (Å²) >= 11 is 1.33. The van der Waals surface area contributed by atoms with Crippen molar-refractivity contribution in [2.45, 2.75) is 13.8 Å². The second-order valence-electron chi connectivity index (χ2n) is 7.84. The summed E-state index contributed by atoms with van der Waals surface area (Å²) in [6, 6.07) is 21.9. The summed E-state index contributed by atoms with van der Waals surface area (Å²) in [5.41, 5.74) is 6.54. The van der Waals surface area contributed by atoms with Crippen LogP contribution in [-0.2, 0) is 0 Å². The minimum atomic E-state index is -0.299. The smallest absolute Gasteiger partial charge is 0.258 e. The molecule has 0 saturated heterocycles. The highest BCUT2D eigenvalue weighted by atomic mass is 32.1. The van der Waals surface area contributed by atoms with Gasteiger partial charge in [-0.25, -0.2) is 14.4 Å². The molecule has 0 aliphatic heterocycles. The van der Waals surface area contributed by atoms with E-state index in [1.54, 1.807) is 12.1 Å². The van der Waals surface area contributed by atoms with Crippen LogP contribution >= 0.6 is 11.3 Å². The first-order valence-electron chi connectivity index (χ1n) is 10.5. The number of anilines is 1. The molecule has 0 spiro atoms. The quantitative estimate of drug-likeness (QED) is 0.318. The van der Waals surface area contributed by atoms with Gasteiger partial charge < -0.3 is 0 Å². The maximum atomic E-state index is 13.5. The normalized spacial score (nSPS) is 11.0. The van der Waals surface area contributed by atoms with E-state index in [4.69, 9.17) is 4.98 Å². The molecule has 2 heterocycles. The van der Waals surface area contributed by atoms with E-state index in [2.05, 4.69) is 10.3 Å². The van der Waals surface area contributed by atoms with Gasteiger partial charge in [0.1, 0.15) is 5.82 Å². The molecule has 0 radical (unpaired) electrons. The molecule has 0 unspecified atom stereocenters. The Hall–Kier alpha value is -3.90. The van der Waals surface area contributed by atoms with Crippen LogP contribution in [0.25, 0.3) is 33.4 Å². The number of benzene rings is 3. The Morgan fingerprint density at radius 3 is 2.33 bits per heavy atom. The summed E-state index contributed by atoms with van der Waals surface area (Å²) in [4.78, 5) is 22.8. The van der Waals surface area contributed by atoms with Crippen LogP contribution in [0.4, 0.5) is 9.52 Å². The monoisotopic (exact) mass is 453 g/mol. The van der Waals surface area contributed by atoms with Crippen molar-refractivity contribution >= 4 is 33.3 Å². The van der Waals surface area contributed by atoms with Gasteiger partial charge in [-0.1, -0.05) is 48.0 Å². The van der Waals surface area contributed by atoms with Crippen LogP contribution in [0.5, 0.6) is 0 Å². The van der Waals surface area contributed by atoms with Crippen LogP contribution in [0.2, 0.25) is 0 Å². The van der Waals surface area contributed by atoms with E-state index in [9.17, 15) is 9.18 Å². The molecule has 0 atom stereocenters.